The molecule has 2 amide bonds. The molecule has 0 bridgehead atoms. The van der Waals surface area contributed by atoms with Gasteiger partial charge in [-0.3, -0.25) is 14.3 Å². The Balaban J connectivity index is 1.94. The van der Waals surface area contributed by atoms with Crippen molar-refractivity contribution in [1.29, 1.82) is 0 Å². The monoisotopic (exact) mass is 450 g/mol. The topological polar surface area (TPSA) is 67.2 Å². The minimum Gasteiger partial charge on any atom is -0.350 e. The van der Waals surface area contributed by atoms with Crippen molar-refractivity contribution in [2.45, 2.75) is 46.7 Å². The zero-order chi connectivity index (χ0) is 22.1. The summed E-state index contributed by atoms with van der Waals surface area (Å²) >= 11 is 12.3. The van der Waals surface area contributed by atoms with Crippen LogP contribution in [0.5, 0.6) is 0 Å². The lowest BCUT2D eigenvalue weighted by Crippen LogP contribution is -2.39. The van der Waals surface area contributed by atoms with Crippen molar-refractivity contribution in [1.82, 2.24) is 20.0 Å². The van der Waals surface area contributed by atoms with E-state index in [-0.39, 0.29) is 18.4 Å². The number of benzene rings is 1. The molecule has 6 nitrogen and oxygen atoms in total. The van der Waals surface area contributed by atoms with Gasteiger partial charge in [-0.2, -0.15) is 5.10 Å². The van der Waals surface area contributed by atoms with Gasteiger partial charge in [0.05, 0.1) is 12.2 Å². The average Bonchev–Trinajstić information content (AvgIpc) is 3.00. The fourth-order valence-electron chi connectivity index (χ4n) is 2.85. The van der Waals surface area contributed by atoms with E-state index in [1.165, 1.54) is 11.0 Å². The normalized spacial score (nSPS) is 11.1. The van der Waals surface area contributed by atoms with Crippen molar-refractivity contribution in [3.8, 4) is 0 Å². The molecule has 0 aliphatic heterocycles. The number of aromatic nitrogens is 2. The summed E-state index contributed by atoms with van der Waals surface area (Å²) in [5, 5.41) is 8.42. The van der Waals surface area contributed by atoms with Crippen LogP contribution in [0.2, 0.25) is 10.2 Å². The molecule has 0 radical (unpaired) electrons. The molecule has 0 saturated heterocycles. The molecule has 2 rings (SSSR count). The SMILES string of the molecule is CCCCn1nc(C)c(/C=C/C(=O)N(CC)CC(=O)NCc2ccc(Cl)cc2)c1Cl. The largest absolute Gasteiger partial charge is 0.350 e. The van der Waals surface area contributed by atoms with Gasteiger partial charge in [0.2, 0.25) is 11.8 Å². The van der Waals surface area contributed by atoms with Gasteiger partial charge in [-0.1, -0.05) is 48.7 Å². The first kappa shape index (κ1) is 24.0. The van der Waals surface area contributed by atoms with E-state index < -0.39 is 0 Å². The number of hydrogen-bond donors (Lipinski definition) is 1. The van der Waals surface area contributed by atoms with Gasteiger partial charge in [0.1, 0.15) is 5.15 Å². The van der Waals surface area contributed by atoms with Crippen LogP contribution in [0.15, 0.2) is 30.3 Å². The summed E-state index contributed by atoms with van der Waals surface area (Å²) in [6.07, 6.45) is 5.14. The maximum Gasteiger partial charge on any atom is 0.247 e. The van der Waals surface area contributed by atoms with Crippen LogP contribution in [-0.4, -0.2) is 39.6 Å². The van der Waals surface area contributed by atoms with Gasteiger partial charge in [0.15, 0.2) is 0 Å². The molecule has 0 fully saturated rings. The molecule has 1 aromatic heterocycles. The molecule has 30 heavy (non-hydrogen) atoms. The van der Waals surface area contributed by atoms with Crippen LogP contribution in [0.1, 0.15) is 43.5 Å². The summed E-state index contributed by atoms with van der Waals surface area (Å²) in [6.45, 7) is 7.32. The lowest BCUT2D eigenvalue weighted by Gasteiger charge is -2.18. The van der Waals surface area contributed by atoms with Crippen molar-refractivity contribution in [2.75, 3.05) is 13.1 Å². The Morgan fingerprint density at radius 1 is 1.20 bits per heavy atom. The van der Waals surface area contributed by atoms with E-state index in [4.69, 9.17) is 23.2 Å². The Hall–Kier alpha value is -2.31. The number of likely N-dealkylation sites (N-methyl/N-ethyl adjacent to an activating group) is 1. The van der Waals surface area contributed by atoms with Crippen molar-refractivity contribution in [2.24, 2.45) is 0 Å². The second-order valence-corrected chi connectivity index (χ2v) is 7.75. The predicted molar refractivity (Wildman–Crippen MR) is 121 cm³/mol. The number of nitrogens with zero attached hydrogens (tertiary/aromatic N) is 3. The maximum atomic E-state index is 12.6. The number of rotatable bonds is 10. The average molecular weight is 451 g/mol. The lowest BCUT2D eigenvalue weighted by molar-refractivity contribution is -0.132. The molecule has 8 heteroatoms. The summed E-state index contributed by atoms with van der Waals surface area (Å²) in [6, 6.07) is 7.24. The standard InChI is InChI=1S/C22H28Cl2N4O2/c1-4-6-13-28-22(24)19(16(3)26-28)11-12-21(30)27(5-2)15-20(29)25-14-17-7-9-18(23)10-8-17/h7-12H,4-6,13-15H2,1-3H3,(H,25,29)/b12-11+. The Morgan fingerprint density at radius 2 is 1.90 bits per heavy atom. The molecular weight excluding hydrogens is 423 g/mol. The molecule has 162 valence electrons. The van der Waals surface area contributed by atoms with Crippen LogP contribution in [0.4, 0.5) is 0 Å². The molecule has 0 atom stereocenters. The van der Waals surface area contributed by atoms with Gasteiger partial charge >= 0.3 is 0 Å². The number of amides is 2. The zero-order valence-corrected chi connectivity index (χ0v) is 19.1. The van der Waals surface area contributed by atoms with E-state index in [0.29, 0.717) is 23.3 Å². The van der Waals surface area contributed by atoms with Gasteiger partial charge in [-0.25, -0.2) is 0 Å². The summed E-state index contributed by atoms with van der Waals surface area (Å²) in [5.41, 5.74) is 2.43. The quantitative estimate of drug-likeness (QED) is 0.542. The third-order valence-corrected chi connectivity index (χ3v) is 5.31. The van der Waals surface area contributed by atoms with Gasteiger partial charge in [-0.15, -0.1) is 0 Å². The summed E-state index contributed by atoms with van der Waals surface area (Å²) in [4.78, 5) is 26.3. The van der Waals surface area contributed by atoms with Gasteiger partial charge in [0, 0.05) is 36.3 Å². The van der Waals surface area contributed by atoms with Crippen molar-refractivity contribution >= 4 is 41.1 Å². The van der Waals surface area contributed by atoms with Crippen molar-refractivity contribution in [3.63, 3.8) is 0 Å². The highest BCUT2D eigenvalue weighted by Crippen LogP contribution is 2.22. The van der Waals surface area contributed by atoms with Crippen LogP contribution >= 0.6 is 23.2 Å². The lowest BCUT2D eigenvalue weighted by atomic mass is 10.2. The summed E-state index contributed by atoms with van der Waals surface area (Å²) < 4.78 is 1.76. The molecule has 1 N–H and O–H groups in total. The number of aryl methyl sites for hydroxylation is 2. The summed E-state index contributed by atoms with van der Waals surface area (Å²) in [7, 11) is 0. The molecule has 0 aliphatic rings. The minimum atomic E-state index is -0.254. The Kier molecular flexibility index (Phi) is 9.40. The molecule has 0 unspecified atom stereocenters. The first-order valence-corrected chi connectivity index (χ1v) is 10.8. The molecule has 0 saturated carbocycles. The highest BCUT2D eigenvalue weighted by atomic mass is 35.5. The molecule has 1 heterocycles. The maximum absolute atomic E-state index is 12.6. The minimum absolute atomic E-state index is 0.0181. The van der Waals surface area contributed by atoms with Crippen LogP contribution in [0, 0.1) is 6.92 Å². The Morgan fingerprint density at radius 3 is 2.53 bits per heavy atom. The Bertz CT molecular complexity index is 891. The first-order valence-electron chi connectivity index (χ1n) is 10.1. The third-order valence-electron chi connectivity index (χ3n) is 4.66. The third kappa shape index (κ3) is 6.89. The number of hydrogen-bond acceptors (Lipinski definition) is 3. The van der Waals surface area contributed by atoms with Crippen LogP contribution in [0.25, 0.3) is 6.08 Å². The highest BCUT2D eigenvalue weighted by molar-refractivity contribution is 6.31. The number of nitrogens with one attached hydrogen (secondary N) is 1. The van der Waals surface area contributed by atoms with Gasteiger partial charge in [-0.05, 0) is 44.0 Å². The second kappa shape index (κ2) is 11.8. The highest BCUT2D eigenvalue weighted by Gasteiger charge is 2.15. The van der Waals surface area contributed by atoms with E-state index in [9.17, 15) is 9.59 Å². The fraction of sp³-hybridized carbons (Fsp3) is 0.409. The zero-order valence-electron chi connectivity index (χ0n) is 17.6. The van der Waals surface area contributed by atoms with Gasteiger partial charge in [0.25, 0.3) is 0 Å². The first-order chi connectivity index (χ1) is 14.3. The molecule has 0 aliphatic carbocycles. The predicted octanol–water partition coefficient (Wildman–Crippen LogP) is 4.48. The molecular formula is C22H28Cl2N4O2. The molecule has 0 spiro atoms. The number of halogens is 2. The van der Waals surface area contributed by atoms with E-state index >= 15 is 0 Å². The van der Waals surface area contributed by atoms with Crippen LogP contribution in [-0.2, 0) is 22.7 Å². The van der Waals surface area contributed by atoms with Crippen molar-refractivity contribution in [3.05, 3.63) is 57.3 Å². The smallest absolute Gasteiger partial charge is 0.247 e. The number of unbranched alkanes of at least 4 members (excludes halogenated alkanes) is 1. The van der Waals surface area contributed by atoms with E-state index in [2.05, 4.69) is 17.3 Å². The fourth-order valence-corrected chi connectivity index (χ4v) is 3.30. The molecule has 1 aromatic carbocycles. The molecule has 2 aromatic rings. The van der Waals surface area contributed by atoms with Crippen LogP contribution in [0.3, 0.4) is 0 Å². The van der Waals surface area contributed by atoms with E-state index in [1.54, 1.807) is 22.9 Å². The summed E-state index contributed by atoms with van der Waals surface area (Å²) in [5.74, 6) is -0.480. The van der Waals surface area contributed by atoms with E-state index in [0.717, 1.165) is 36.2 Å². The van der Waals surface area contributed by atoms with E-state index in [1.807, 2.05) is 26.0 Å². The number of carbonyl (C=O) groups is 2. The second-order valence-electron chi connectivity index (χ2n) is 6.96. The van der Waals surface area contributed by atoms with Crippen molar-refractivity contribution < 1.29 is 9.59 Å². The number of carbonyl (C=O) groups excluding carboxylic acids is 2. The Labute approximate surface area is 187 Å². The van der Waals surface area contributed by atoms with Crippen LogP contribution < -0.4 is 5.32 Å². The van der Waals surface area contributed by atoms with Gasteiger partial charge < -0.3 is 10.2 Å².